The van der Waals surface area contributed by atoms with E-state index in [1.54, 1.807) is 24.3 Å². The van der Waals surface area contributed by atoms with Crippen LogP contribution < -0.4 is 9.47 Å². The third kappa shape index (κ3) is 2.20. The van der Waals surface area contributed by atoms with Crippen LogP contribution in [0.1, 0.15) is 28.4 Å². The Morgan fingerprint density at radius 1 is 1.25 bits per heavy atom. The molecule has 1 N–H and O–H groups in total. The second-order valence-corrected chi connectivity index (χ2v) is 4.69. The Morgan fingerprint density at radius 2 is 2.05 bits per heavy atom. The highest BCUT2D eigenvalue weighted by Crippen LogP contribution is 2.36. The number of ether oxygens (including phenoxy) is 2. The summed E-state index contributed by atoms with van der Waals surface area (Å²) in [4.78, 5) is 12.1. The predicted molar refractivity (Wildman–Crippen MR) is 73.4 cm³/mol. The van der Waals surface area contributed by atoms with E-state index in [2.05, 4.69) is 0 Å². The molecular formula is C16H14O4. The lowest BCUT2D eigenvalue weighted by Crippen LogP contribution is -2.20. The van der Waals surface area contributed by atoms with Crippen LogP contribution in [0.5, 0.6) is 17.2 Å². The third-order valence-electron chi connectivity index (χ3n) is 3.35. The van der Waals surface area contributed by atoms with Crippen LogP contribution in [0.25, 0.3) is 0 Å². The largest absolute Gasteiger partial charge is 0.508 e. The first kappa shape index (κ1) is 12.5. The normalized spacial score (nSPS) is 17.2. The number of fused-ring (bicyclic) bond motifs is 1. The number of aromatic hydroxyl groups is 1. The number of hydrogen-bond acceptors (Lipinski definition) is 4. The highest BCUT2D eigenvalue weighted by atomic mass is 16.5. The van der Waals surface area contributed by atoms with Crippen LogP contribution in [0.15, 0.2) is 42.5 Å². The molecule has 0 amide bonds. The van der Waals surface area contributed by atoms with E-state index in [1.165, 1.54) is 13.2 Å². The first-order valence-electron chi connectivity index (χ1n) is 6.34. The van der Waals surface area contributed by atoms with Crippen LogP contribution in [0.3, 0.4) is 0 Å². The summed E-state index contributed by atoms with van der Waals surface area (Å²) in [6.07, 6.45) is -0.151. The predicted octanol–water partition coefficient (Wildman–Crippen LogP) is 3.11. The van der Waals surface area contributed by atoms with E-state index in [0.717, 1.165) is 5.56 Å². The number of rotatable bonds is 2. The zero-order valence-electron chi connectivity index (χ0n) is 11.0. The molecule has 2 aromatic rings. The summed E-state index contributed by atoms with van der Waals surface area (Å²) in [5.41, 5.74) is 1.33. The van der Waals surface area contributed by atoms with E-state index in [-0.39, 0.29) is 18.0 Å². The highest BCUT2D eigenvalue weighted by Gasteiger charge is 2.27. The summed E-state index contributed by atoms with van der Waals surface area (Å²) in [6.45, 7) is 0. The molecule has 1 heterocycles. The van der Waals surface area contributed by atoms with Gasteiger partial charge in [-0.05, 0) is 24.3 Å². The molecule has 3 rings (SSSR count). The van der Waals surface area contributed by atoms with Crippen molar-refractivity contribution in [2.45, 2.75) is 12.5 Å². The smallest absolute Gasteiger partial charge is 0.170 e. The Hall–Kier alpha value is -2.49. The van der Waals surface area contributed by atoms with E-state index >= 15 is 0 Å². The number of hydrogen-bond donors (Lipinski definition) is 1. The molecule has 0 saturated heterocycles. The Bertz CT molecular complexity index is 663. The second kappa shape index (κ2) is 4.89. The van der Waals surface area contributed by atoms with E-state index in [9.17, 15) is 9.90 Å². The first-order chi connectivity index (χ1) is 9.67. The molecule has 0 spiro atoms. The van der Waals surface area contributed by atoms with Crippen molar-refractivity contribution in [1.29, 1.82) is 0 Å². The van der Waals surface area contributed by atoms with Gasteiger partial charge in [-0.3, -0.25) is 4.79 Å². The molecule has 0 aliphatic carbocycles. The van der Waals surface area contributed by atoms with Crippen molar-refractivity contribution >= 4 is 5.78 Å². The number of carbonyl (C=O) groups is 1. The summed E-state index contributed by atoms with van der Waals surface area (Å²) in [5, 5.41) is 9.70. The Kier molecular flexibility index (Phi) is 3.06. The van der Waals surface area contributed by atoms with Crippen molar-refractivity contribution < 1.29 is 19.4 Å². The van der Waals surface area contributed by atoms with Gasteiger partial charge >= 0.3 is 0 Å². The molecular weight excluding hydrogens is 256 g/mol. The van der Waals surface area contributed by atoms with Crippen molar-refractivity contribution in [2.75, 3.05) is 7.11 Å². The number of phenols is 1. The maximum absolute atomic E-state index is 12.1. The molecule has 2 aromatic carbocycles. The zero-order valence-corrected chi connectivity index (χ0v) is 11.0. The van der Waals surface area contributed by atoms with Crippen LogP contribution in [-0.2, 0) is 0 Å². The zero-order chi connectivity index (χ0) is 14.1. The lowest BCUT2D eigenvalue weighted by Gasteiger charge is -2.25. The maximum atomic E-state index is 12.1. The van der Waals surface area contributed by atoms with Crippen LogP contribution >= 0.6 is 0 Å². The topological polar surface area (TPSA) is 55.8 Å². The van der Waals surface area contributed by atoms with Gasteiger partial charge in [-0.25, -0.2) is 0 Å². The molecule has 0 saturated carbocycles. The van der Waals surface area contributed by atoms with Crippen molar-refractivity contribution in [3.05, 3.63) is 53.6 Å². The molecule has 0 bridgehead atoms. The van der Waals surface area contributed by atoms with Gasteiger partial charge in [0, 0.05) is 11.6 Å². The Morgan fingerprint density at radius 3 is 2.85 bits per heavy atom. The average Bonchev–Trinajstić information content (AvgIpc) is 2.46. The first-order valence-corrected chi connectivity index (χ1v) is 6.34. The van der Waals surface area contributed by atoms with Gasteiger partial charge in [-0.15, -0.1) is 0 Å². The number of phenolic OH excluding ortho intramolecular Hbond substituents is 1. The van der Waals surface area contributed by atoms with Crippen molar-refractivity contribution in [2.24, 2.45) is 0 Å². The lowest BCUT2D eigenvalue weighted by atomic mass is 9.96. The van der Waals surface area contributed by atoms with Crippen molar-refractivity contribution in [3.63, 3.8) is 0 Å². The fourth-order valence-electron chi connectivity index (χ4n) is 2.37. The summed E-state index contributed by atoms with van der Waals surface area (Å²) >= 11 is 0. The van der Waals surface area contributed by atoms with Gasteiger partial charge in [0.1, 0.15) is 23.4 Å². The SMILES string of the molecule is COc1cc(O)cc([C@@H]2CC(=O)c3ccccc3O2)c1. The minimum Gasteiger partial charge on any atom is -0.508 e. The van der Waals surface area contributed by atoms with E-state index in [1.807, 2.05) is 12.1 Å². The summed E-state index contributed by atoms with van der Waals surface area (Å²) < 4.78 is 11.0. The fourth-order valence-corrected chi connectivity index (χ4v) is 2.37. The minimum absolute atomic E-state index is 0.0409. The van der Waals surface area contributed by atoms with Crippen LogP contribution in [-0.4, -0.2) is 18.0 Å². The van der Waals surface area contributed by atoms with Crippen LogP contribution in [0.4, 0.5) is 0 Å². The minimum atomic E-state index is -0.404. The average molecular weight is 270 g/mol. The summed E-state index contributed by atoms with van der Waals surface area (Å²) in [6, 6.07) is 12.1. The molecule has 1 aliphatic rings. The van der Waals surface area contributed by atoms with Gasteiger partial charge in [-0.2, -0.15) is 0 Å². The quantitative estimate of drug-likeness (QED) is 0.911. The number of carbonyl (C=O) groups excluding carboxylic acids is 1. The van der Waals surface area contributed by atoms with Crippen molar-refractivity contribution in [1.82, 2.24) is 0 Å². The maximum Gasteiger partial charge on any atom is 0.170 e. The summed E-state index contributed by atoms with van der Waals surface area (Å²) in [7, 11) is 1.53. The lowest BCUT2D eigenvalue weighted by molar-refractivity contribution is 0.0849. The van der Waals surface area contributed by atoms with E-state index in [4.69, 9.17) is 9.47 Å². The summed E-state index contributed by atoms with van der Waals surface area (Å²) in [5.74, 6) is 1.25. The van der Waals surface area contributed by atoms with Crippen LogP contribution in [0.2, 0.25) is 0 Å². The molecule has 102 valence electrons. The fraction of sp³-hybridized carbons (Fsp3) is 0.188. The van der Waals surface area contributed by atoms with E-state index < -0.39 is 6.10 Å². The molecule has 1 aliphatic heterocycles. The monoisotopic (exact) mass is 270 g/mol. The molecule has 20 heavy (non-hydrogen) atoms. The van der Waals surface area contributed by atoms with Gasteiger partial charge in [0.2, 0.25) is 0 Å². The Balaban J connectivity index is 1.97. The van der Waals surface area contributed by atoms with Crippen LogP contribution in [0, 0.1) is 0 Å². The van der Waals surface area contributed by atoms with Crippen molar-refractivity contribution in [3.8, 4) is 17.2 Å². The number of Topliss-reactive ketones (excluding diaryl/α,β-unsaturated/α-hetero) is 1. The number of methoxy groups -OCH3 is 1. The van der Waals surface area contributed by atoms with E-state index in [0.29, 0.717) is 17.1 Å². The van der Waals surface area contributed by atoms with Gasteiger partial charge in [0.05, 0.1) is 19.1 Å². The molecule has 0 radical (unpaired) electrons. The van der Waals surface area contributed by atoms with Gasteiger partial charge in [0.25, 0.3) is 0 Å². The van der Waals surface area contributed by atoms with Gasteiger partial charge in [0.15, 0.2) is 5.78 Å². The highest BCUT2D eigenvalue weighted by molar-refractivity contribution is 5.99. The molecule has 4 heteroatoms. The molecule has 0 fully saturated rings. The molecule has 4 nitrogen and oxygen atoms in total. The molecule has 1 atom stereocenters. The number of para-hydroxylation sites is 1. The van der Waals surface area contributed by atoms with Gasteiger partial charge in [-0.1, -0.05) is 12.1 Å². The second-order valence-electron chi connectivity index (χ2n) is 4.69. The third-order valence-corrected chi connectivity index (χ3v) is 3.35. The number of ketones is 1. The molecule has 0 unspecified atom stereocenters. The Labute approximate surface area is 116 Å². The standard InChI is InChI=1S/C16H14O4/c1-19-12-7-10(6-11(17)8-12)16-9-14(18)13-4-2-3-5-15(13)20-16/h2-8,16-17H,9H2,1H3/t16-/m0/s1. The number of benzene rings is 2. The molecule has 0 aromatic heterocycles. The van der Waals surface area contributed by atoms with Gasteiger partial charge < -0.3 is 14.6 Å².